The Labute approximate surface area is 130 Å². The molecule has 3 nitrogen and oxygen atoms in total. The molecule has 0 fully saturated rings. The summed E-state index contributed by atoms with van der Waals surface area (Å²) in [6, 6.07) is 14.8. The van der Waals surface area contributed by atoms with Gasteiger partial charge >= 0.3 is 0 Å². The van der Waals surface area contributed by atoms with Crippen LogP contribution in [0.1, 0.15) is 30.1 Å². The lowest BCUT2D eigenvalue weighted by Gasteiger charge is -2.26. The van der Waals surface area contributed by atoms with Crippen LogP contribution in [0.2, 0.25) is 0 Å². The van der Waals surface area contributed by atoms with Gasteiger partial charge in [0.25, 0.3) is 0 Å². The first kappa shape index (κ1) is 14.0. The van der Waals surface area contributed by atoms with Crippen LogP contribution in [-0.2, 0) is 6.42 Å². The van der Waals surface area contributed by atoms with E-state index in [-0.39, 0.29) is 6.04 Å². The molecule has 1 aromatic carbocycles. The summed E-state index contributed by atoms with van der Waals surface area (Å²) in [5.74, 6) is 0. The first-order valence-corrected chi connectivity index (χ1v) is 7.72. The van der Waals surface area contributed by atoms with Gasteiger partial charge in [0.2, 0.25) is 0 Å². The van der Waals surface area contributed by atoms with E-state index < -0.39 is 0 Å². The summed E-state index contributed by atoms with van der Waals surface area (Å²) in [6.45, 7) is 0. The van der Waals surface area contributed by atoms with Gasteiger partial charge in [-0.15, -0.1) is 0 Å². The molecule has 1 atom stereocenters. The van der Waals surface area contributed by atoms with Crippen LogP contribution in [0.15, 0.2) is 42.5 Å². The second-order valence-electron chi connectivity index (χ2n) is 5.28. The topological polar surface area (TPSA) is 37.0 Å². The molecule has 1 heterocycles. The molecule has 4 heteroatoms. The lowest BCUT2D eigenvalue weighted by atomic mass is 9.91. The second-order valence-corrected chi connectivity index (χ2v) is 5.68. The quantitative estimate of drug-likeness (QED) is 0.835. The summed E-state index contributed by atoms with van der Waals surface area (Å²) in [5.41, 5.74) is 4.65. The largest absolute Gasteiger partial charge is 0.366 e. The van der Waals surface area contributed by atoms with Crippen LogP contribution in [0.3, 0.4) is 0 Å². The third-order valence-electron chi connectivity index (χ3n) is 3.88. The first-order chi connectivity index (χ1) is 10.3. The number of pyridine rings is 1. The van der Waals surface area contributed by atoms with E-state index in [4.69, 9.17) is 17.2 Å². The lowest BCUT2D eigenvalue weighted by molar-refractivity contribution is 0.511. The van der Waals surface area contributed by atoms with Crippen molar-refractivity contribution in [3.8, 4) is 11.3 Å². The maximum absolute atomic E-state index is 5.24. The van der Waals surface area contributed by atoms with Gasteiger partial charge in [0.15, 0.2) is 5.11 Å². The van der Waals surface area contributed by atoms with Crippen LogP contribution < -0.4 is 10.6 Å². The zero-order valence-corrected chi connectivity index (χ0v) is 12.9. The summed E-state index contributed by atoms with van der Waals surface area (Å²) in [7, 11) is 1.84. The molecule has 2 aromatic rings. The average Bonchev–Trinajstić information content (AvgIpc) is 2.55. The molecule has 21 heavy (non-hydrogen) atoms. The molecular weight excluding hydrogens is 278 g/mol. The Morgan fingerprint density at radius 1 is 1.19 bits per heavy atom. The number of hydrogen-bond donors (Lipinski definition) is 2. The molecule has 3 rings (SSSR count). The highest BCUT2D eigenvalue weighted by Gasteiger charge is 2.22. The number of thiocarbonyl (C=S) groups is 1. The van der Waals surface area contributed by atoms with Crippen molar-refractivity contribution in [1.29, 1.82) is 0 Å². The Bertz CT molecular complexity index is 640. The summed E-state index contributed by atoms with van der Waals surface area (Å²) >= 11 is 5.24. The fourth-order valence-corrected chi connectivity index (χ4v) is 2.93. The van der Waals surface area contributed by atoms with Crippen molar-refractivity contribution in [1.82, 2.24) is 15.6 Å². The first-order valence-electron chi connectivity index (χ1n) is 7.31. The van der Waals surface area contributed by atoms with E-state index in [0.717, 1.165) is 29.8 Å². The number of nitrogens with zero attached hydrogens (tertiary/aromatic N) is 1. The highest BCUT2D eigenvalue weighted by molar-refractivity contribution is 7.80. The van der Waals surface area contributed by atoms with Crippen LogP contribution in [0.4, 0.5) is 0 Å². The summed E-state index contributed by atoms with van der Waals surface area (Å²) < 4.78 is 0. The third kappa shape index (κ3) is 3.05. The summed E-state index contributed by atoms with van der Waals surface area (Å²) in [5, 5.41) is 7.02. The molecule has 1 aliphatic rings. The van der Waals surface area contributed by atoms with E-state index in [0.29, 0.717) is 5.11 Å². The predicted octanol–water partition coefficient (Wildman–Crippen LogP) is 3.22. The molecule has 0 spiro atoms. The zero-order chi connectivity index (χ0) is 14.7. The number of aromatic nitrogens is 1. The maximum Gasteiger partial charge on any atom is 0.166 e. The minimum atomic E-state index is 0.206. The molecule has 1 aliphatic carbocycles. The molecule has 0 amide bonds. The monoisotopic (exact) mass is 297 g/mol. The molecule has 1 unspecified atom stereocenters. The van der Waals surface area contributed by atoms with E-state index in [1.807, 2.05) is 25.2 Å². The number of rotatable bonds is 2. The van der Waals surface area contributed by atoms with Gasteiger partial charge in [-0.1, -0.05) is 36.4 Å². The highest BCUT2D eigenvalue weighted by Crippen LogP contribution is 2.30. The van der Waals surface area contributed by atoms with Gasteiger partial charge in [-0.2, -0.15) is 0 Å². The van der Waals surface area contributed by atoms with Crippen LogP contribution in [0, 0.1) is 0 Å². The van der Waals surface area contributed by atoms with E-state index in [9.17, 15) is 0 Å². The number of nitrogens with one attached hydrogen (secondary N) is 2. The van der Waals surface area contributed by atoms with Gasteiger partial charge in [0, 0.05) is 12.6 Å². The van der Waals surface area contributed by atoms with Gasteiger partial charge in [-0.25, -0.2) is 0 Å². The van der Waals surface area contributed by atoms with Crippen LogP contribution >= 0.6 is 12.2 Å². The smallest absolute Gasteiger partial charge is 0.166 e. The molecule has 0 saturated heterocycles. The van der Waals surface area contributed by atoms with Crippen molar-refractivity contribution < 1.29 is 0 Å². The van der Waals surface area contributed by atoms with E-state index in [1.54, 1.807) is 0 Å². The van der Waals surface area contributed by atoms with Crippen LogP contribution in [-0.4, -0.2) is 17.1 Å². The fraction of sp³-hybridized carbons (Fsp3) is 0.294. The summed E-state index contributed by atoms with van der Waals surface area (Å²) in [6.07, 6.45) is 3.34. The third-order valence-corrected chi connectivity index (χ3v) is 4.21. The van der Waals surface area contributed by atoms with Crippen LogP contribution in [0.5, 0.6) is 0 Å². The van der Waals surface area contributed by atoms with E-state index in [2.05, 4.69) is 34.9 Å². The van der Waals surface area contributed by atoms with Crippen LogP contribution in [0.25, 0.3) is 11.3 Å². The minimum Gasteiger partial charge on any atom is -0.366 e. The zero-order valence-electron chi connectivity index (χ0n) is 12.1. The molecule has 0 aliphatic heterocycles. The van der Waals surface area contributed by atoms with Crippen molar-refractivity contribution in [3.05, 3.63) is 53.7 Å². The molecule has 0 saturated carbocycles. The van der Waals surface area contributed by atoms with Crippen molar-refractivity contribution >= 4 is 17.3 Å². The molecular formula is C17H19N3S. The van der Waals surface area contributed by atoms with E-state index >= 15 is 0 Å². The van der Waals surface area contributed by atoms with E-state index in [1.165, 1.54) is 12.0 Å². The molecule has 0 radical (unpaired) electrons. The number of aryl methyl sites for hydroxylation is 1. The molecule has 1 aromatic heterocycles. The Morgan fingerprint density at radius 2 is 2.00 bits per heavy atom. The standard InChI is InChI=1S/C17H19N3S/c1-18-17(21)20-15-9-5-8-13-10-11-14(19-16(13)15)12-6-3-2-4-7-12/h2-4,6-7,10-11,15H,5,8-9H2,1H3,(H2,18,20,21). The van der Waals surface area contributed by atoms with Crippen molar-refractivity contribution in [2.45, 2.75) is 25.3 Å². The van der Waals surface area contributed by atoms with Gasteiger partial charge in [-0.3, -0.25) is 4.98 Å². The van der Waals surface area contributed by atoms with Gasteiger partial charge in [0.05, 0.1) is 17.4 Å². The fourth-order valence-electron chi connectivity index (χ4n) is 2.79. The predicted molar refractivity (Wildman–Crippen MR) is 90.1 cm³/mol. The summed E-state index contributed by atoms with van der Waals surface area (Å²) in [4.78, 5) is 4.90. The average molecular weight is 297 g/mol. The minimum absolute atomic E-state index is 0.206. The SMILES string of the molecule is CNC(=S)NC1CCCc2ccc(-c3ccccc3)nc21. The normalized spacial score (nSPS) is 16.9. The van der Waals surface area contributed by atoms with Crippen molar-refractivity contribution in [3.63, 3.8) is 0 Å². The Balaban J connectivity index is 1.95. The maximum atomic E-state index is 5.24. The molecule has 0 bridgehead atoms. The Kier molecular flexibility index (Phi) is 4.15. The molecule has 2 N–H and O–H groups in total. The number of hydrogen-bond acceptors (Lipinski definition) is 2. The van der Waals surface area contributed by atoms with Crippen molar-refractivity contribution in [2.75, 3.05) is 7.05 Å². The number of fused-ring (bicyclic) bond motifs is 1. The second kappa shape index (κ2) is 6.22. The Morgan fingerprint density at radius 3 is 2.76 bits per heavy atom. The van der Waals surface area contributed by atoms with Gasteiger partial charge < -0.3 is 10.6 Å². The highest BCUT2D eigenvalue weighted by atomic mass is 32.1. The molecule has 108 valence electrons. The van der Waals surface area contributed by atoms with Gasteiger partial charge in [0.1, 0.15) is 0 Å². The lowest BCUT2D eigenvalue weighted by Crippen LogP contribution is -2.37. The van der Waals surface area contributed by atoms with Crippen molar-refractivity contribution in [2.24, 2.45) is 0 Å². The number of benzene rings is 1. The van der Waals surface area contributed by atoms with Gasteiger partial charge in [-0.05, 0) is 43.1 Å². The Hall–Kier alpha value is -1.94.